The molecule has 0 fully saturated rings. The van der Waals surface area contributed by atoms with Gasteiger partial charge in [0, 0.05) is 9.61 Å². The van der Waals surface area contributed by atoms with Crippen molar-refractivity contribution in [3.8, 4) is 0 Å². The Labute approximate surface area is 132 Å². The van der Waals surface area contributed by atoms with Crippen molar-refractivity contribution in [3.05, 3.63) is 68.5 Å². The summed E-state index contributed by atoms with van der Waals surface area (Å²) in [4.78, 5) is 0. The lowest BCUT2D eigenvalue weighted by molar-refractivity contribution is 0.450. The minimum absolute atomic E-state index is 0.165. The molecule has 1 aliphatic rings. The number of hydrogen-bond acceptors (Lipinski definition) is 1. The zero-order chi connectivity index (χ0) is 14.1. The van der Waals surface area contributed by atoms with E-state index in [1.165, 1.54) is 16.7 Å². The minimum Gasteiger partial charge on any atom is -0.313 e. The van der Waals surface area contributed by atoms with Gasteiger partial charge < -0.3 is 5.32 Å². The molecule has 0 saturated carbocycles. The molecule has 2 atom stereocenters. The summed E-state index contributed by atoms with van der Waals surface area (Å²) >= 11 is 2.22. The first-order valence-corrected chi connectivity index (χ1v) is 7.97. The topological polar surface area (TPSA) is 12.0 Å². The molecule has 1 aliphatic carbocycles. The molecule has 3 rings (SSSR count). The van der Waals surface area contributed by atoms with Crippen molar-refractivity contribution < 1.29 is 4.39 Å². The van der Waals surface area contributed by atoms with Gasteiger partial charge in [-0.1, -0.05) is 30.3 Å². The summed E-state index contributed by atoms with van der Waals surface area (Å²) in [5, 5.41) is 3.38. The van der Waals surface area contributed by atoms with Gasteiger partial charge in [0.05, 0.1) is 0 Å². The zero-order valence-electron chi connectivity index (χ0n) is 11.4. The first-order valence-electron chi connectivity index (χ1n) is 6.89. The van der Waals surface area contributed by atoms with E-state index in [0.717, 1.165) is 16.4 Å². The molecular formula is C17H17FIN. The van der Waals surface area contributed by atoms with Crippen molar-refractivity contribution >= 4 is 22.6 Å². The number of benzene rings is 2. The quantitative estimate of drug-likeness (QED) is 0.774. The fraction of sp³-hybridized carbons (Fsp3) is 0.294. The van der Waals surface area contributed by atoms with Crippen LogP contribution < -0.4 is 5.32 Å². The van der Waals surface area contributed by atoms with E-state index in [-0.39, 0.29) is 11.9 Å². The maximum atomic E-state index is 13.2. The highest BCUT2D eigenvalue weighted by atomic mass is 127. The fourth-order valence-electron chi connectivity index (χ4n) is 3.04. The lowest BCUT2D eigenvalue weighted by atomic mass is 9.74. The maximum absolute atomic E-state index is 13.2. The maximum Gasteiger partial charge on any atom is 0.124 e. The van der Waals surface area contributed by atoms with E-state index >= 15 is 0 Å². The SMILES string of the molecule is CNC(CC1Cc2ccccc21)c1ccc(F)cc1I. The predicted octanol–water partition coefficient (Wildman–Crippen LogP) is 4.42. The number of rotatable bonds is 4. The second kappa shape index (κ2) is 5.82. The van der Waals surface area contributed by atoms with E-state index in [4.69, 9.17) is 0 Å². The van der Waals surface area contributed by atoms with Gasteiger partial charge in [0.2, 0.25) is 0 Å². The molecule has 104 valence electrons. The summed E-state index contributed by atoms with van der Waals surface area (Å²) in [5.74, 6) is 0.450. The monoisotopic (exact) mass is 381 g/mol. The predicted molar refractivity (Wildman–Crippen MR) is 88.4 cm³/mol. The highest BCUT2D eigenvalue weighted by Crippen LogP contribution is 2.41. The Bertz CT molecular complexity index is 626. The summed E-state index contributed by atoms with van der Waals surface area (Å²) in [6, 6.07) is 14.0. The van der Waals surface area contributed by atoms with Gasteiger partial charge in [-0.3, -0.25) is 0 Å². The Morgan fingerprint density at radius 2 is 2.10 bits per heavy atom. The number of halogens is 2. The molecule has 2 aromatic carbocycles. The molecule has 3 heteroatoms. The van der Waals surface area contributed by atoms with Crippen LogP contribution in [0.25, 0.3) is 0 Å². The van der Waals surface area contributed by atoms with Crippen LogP contribution in [0.4, 0.5) is 4.39 Å². The molecule has 20 heavy (non-hydrogen) atoms. The van der Waals surface area contributed by atoms with Crippen molar-refractivity contribution in [1.82, 2.24) is 5.32 Å². The molecule has 0 heterocycles. The highest BCUT2D eigenvalue weighted by molar-refractivity contribution is 14.1. The van der Waals surface area contributed by atoms with E-state index in [2.05, 4.69) is 52.2 Å². The Balaban J connectivity index is 1.79. The Hall–Kier alpha value is -0.940. The first kappa shape index (κ1) is 14.0. The van der Waals surface area contributed by atoms with Crippen LogP contribution in [0.5, 0.6) is 0 Å². The standard InChI is InChI=1S/C17H17FIN/c1-20-17(15-7-6-13(18)10-16(15)19)9-12-8-11-4-2-3-5-14(11)12/h2-7,10,12,17,20H,8-9H2,1H3. The molecule has 1 N–H and O–H groups in total. The third kappa shape index (κ3) is 2.61. The molecule has 1 nitrogen and oxygen atoms in total. The molecule has 0 aromatic heterocycles. The van der Waals surface area contributed by atoms with Gasteiger partial charge >= 0.3 is 0 Å². The van der Waals surface area contributed by atoms with Crippen LogP contribution in [-0.4, -0.2) is 7.05 Å². The lowest BCUT2D eigenvalue weighted by Gasteiger charge is -2.33. The smallest absolute Gasteiger partial charge is 0.124 e. The number of fused-ring (bicyclic) bond motifs is 1. The van der Waals surface area contributed by atoms with Gasteiger partial charge in [-0.2, -0.15) is 0 Å². The van der Waals surface area contributed by atoms with E-state index in [0.29, 0.717) is 5.92 Å². The minimum atomic E-state index is -0.165. The normalized spacial score (nSPS) is 18.2. The van der Waals surface area contributed by atoms with Gasteiger partial charge in [-0.25, -0.2) is 4.39 Å². The van der Waals surface area contributed by atoms with Crippen LogP contribution in [0.15, 0.2) is 42.5 Å². The van der Waals surface area contributed by atoms with Crippen LogP contribution in [0, 0.1) is 9.39 Å². The molecule has 2 unspecified atom stereocenters. The summed E-state index contributed by atoms with van der Waals surface area (Å²) < 4.78 is 14.2. The summed E-state index contributed by atoms with van der Waals surface area (Å²) in [7, 11) is 1.98. The van der Waals surface area contributed by atoms with Crippen LogP contribution >= 0.6 is 22.6 Å². The van der Waals surface area contributed by atoms with Gasteiger partial charge in [0.1, 0.15) is 5.82 Å². The fourth-order valence-corrected chi connectivity index (χ4v) is 3.90. The van der Waals surface area contributed by atoms with E-state index in [9.17, 15) is 4.39 Å². The zero-order valence-corrected chi connectivity index (χ0v) is 13.5. The second-order valence-electron chi connectivity index (χ2n) is 5.34. The van der Waals surface area contributed by atoms with Crippen LogP contribution in [0.1, 0.15) is 35.1 Å². The molecule has 2 aromatic rings. The van der Waals surface area contributed by atoms with Crippen molar-refractivity contribution in [2.45, 2.75) is 24.8 Å². The molecule has 0 spiro atoms. The second-order valence-corrected chi connectivity index (χ2v) is 6.50. The van der Waals surface area contributed by atoms with Crippen molar-refractivity contribution in [1.29, 1.82) is 0 Å². The molecular weight excluding hydrogens is 364 g/mol. The third-order valence-electron chi connectivity index (χ3n) is 4.17. The van der Waals surface area contributed by atoms with Crippen LogP contribution in [0.3, 0.4) is 0 Å². The average Bonchev–Trinajstić information content (AvgIpc) is 2.41. The average molecular weight is 381 g/mol. The molecule has 0 aliphatic heterocycles. The Morgan fingerprint density at radius 3 is 2.80 bits per heavy atom. The highest BCUT2D eigenvalue weighted by Gasteiger charge is 2.28. The molecule has 0 saturated heterocycles. The van der Waals surface area contributed by atoms with Crippen molar-refractivity contribution in [2.75, 3.05) is 7.05 Å². The summed E-state index contributed by atoms with van der Waals surface area (Å²) in [6.45, 7) is 0. The third-order valence-corrected chi connectivity index (χ3v) is 5.10. The van der Waals surface area contributed by atoms with Crippen LogP contribution in [0.2, 0.25) is 0 Å². The Morgan fingerprint density at radius 1 is 1.30 bits per heavy atom. The molecule has 0 radical (unpaired) electrons. The van der Waals surface area contributed by atoms with E-state index < -0.39 is 0 Å². The van der Waals surface area contributed by atoms with Crippen LogP contribution in [-0.2, 0) is 6.42 Å². The number of nitrogens with one attached hydrogen (secondary N) is 1. The molecule has 0 bridgehead atoms. The molecule has 0 amide bonds. The van der Waals surface area contributed by atoms with E-state index in [1.54, 1.807) is 12.1 Å². The largest absolute Gasteiger partial charge is 0.313 e. The van der Waals surface area contributed by atoms with Crippen molar-refractivity contribution in [3.63, 3.8) is 0 Å². The lowest BCUT2D eigenvalue weighted by Crippen LogP contribution is -2.25. The summed E-state index contributed by atoms with van der Waals surface area (Å²) in [6.07, 6.45) is 2.22. The summed E-state index contributed by atoms with van der Waals surface area (Å²) in [5.41, 5.74) is 4.14. The first-order chi connectivity index (χ1) is 9.69. The number of hydrogen-bond donors (Lipinski definition) is 1. The Kier molecular flexibility index (Phi) is 4.08. The van der Waals surface area contributed by atoms with E-state index in [1.807, 2.05) is 13.1 Å². The van der Waals surface area contributed by atoms with Crippen molar-refractivity contribution in [2.24, 2.45) is 0 Å². The van der Waals surface area contributed by atoms with Gasteiger partial charge in [0.15, 0.2) is 0 Å². The van der Waals surface area contributed by atoms with Gasteiger partial charge in [-0.05, 0) is 77.2 Å². The van der Waals surface area contributed by atoms with Gasteiger partial charge in [0.25, 0.3) is 0 Å². The van der Waals surface area contributed by atoms with Gasteiger partial charge in [-0.15, -0.1) is 0 Å².